The molecule has 0 aromatic heterocycles. The number of nitrogens with one attached hydrogen (secondary N) is 1. The SMILES string of the molecule is CCCCCCCCCCCCCCCCC(=O)N[C@@H](COP(=O)(O)O)[C@H](O)CCCCCCCCCCCC. The number of carbonyl (C=O) groups excluding carboxylic acids is 1. The van der Waals surface area contributed by atoms with E-state index in [2.05, 4.69) is 23.7 Å². The van der Waals surface area contributed by atoms with Gasteiger partial charge in [0.15, 0.2) is 0 Å². The summed E-state index contributed by atoms with van der Waals surface area (Å²) in [5, 5.41) is 13.4. The minimum atomic E-state index is -4.67. The molecule has 0 aliphatic heterocycles. The van der Waals surface area contributed by atoms with E-state index < -0.39 is 26.6 Å². The Morgan fingerprint density at radius 2 is 0.975 bits per heavy atom. The van der Waals surface area contributed by atoms with Gasteiger partial charge in [0.05, 0.1) is 18.8 Å². The van der Waals surface area contributed by atoms with Crippen molar-refractivity contribution in [1.82, 2.24) is 5.32 Å². The third-order valence-corrected chi connectivity index (χ3v) is 8.33. The Kier molecular flexibility index (Phi) is 28.3. The fraction of sp³-hybridized carbons (Fsp3) is 0.969. The van der Waals surface area contributed by atoms with Gasteiger partial charge in [-0.2, -0.15) is 0 Å². The van der Waals surface area contributed by atoms with Gasteiger partial charge >= 0.3 is 7.82 Å². The van der Waals surface area contributed by atoms with Crippen molar-refractivity contribution in [2.24, 2.45) is 0 Å². The van der Waals surface area contributed by atoms with Crippen LogP contribution in [0.5, 0.6) is 0 Å². The van der Waals surface area contributed by atoms with Crippen LogP contribution in [0.15, 0.2) is 0 Å². The molecule has 2 atom stereocenters. The number of hydrogen-bond donors (Lipinski definition) is 4. The van der Waals surface area contributed by atoms with Gasteiger partial charge in [0, 0.05) is 6.42 Å². The maximum absolute atomic E-state index is 12.5. The van der Waals surface area contributed by atoms with E-state index in [4.69, 9.17) is 9.79 Å². The first-order valence-corrected chi connectivity index (χ1v) is 18.5. The average molecular weight is 592 g/mol. The number of aliphatic hydroxyl groups is 1. The molecule has 7 nitrogen and oxygen atoms in total. The van der Waals surface area contributed by atoms with E-state index >= 15 is 0 Å². The number of phosphoric ester groups is 1. The Labute approximate surface area is 247 Å². The van der Waals surface area contributed by atoms with Crippen LogP contribution < -0.4 is 5.32 Å². The van der Waals surface area contributed by atoms with E-state index in [1.54, 1.807) is 0 Å². The largest absolute Gasteiger partial charge is 0.469 e. The predicted octanol–water partition coefficient (Wildman–Crippen LogP) is 9.12. The fourth-order valence-electron chi connectivity index (χ4n) is 5.23. The molecule has 0 heterocycles. The molecule has 0 aromatic rings. The lowest BCUT2D eigenvalue weighted by molar-refractivity contribution is -0.123. The van der Waals surface area contributed by atoms with Crippen LogP contribution in [0.2, 0.25) is 0 Å². The Balaban J connectivity index is 3.99. The third-order valence-electron chi connectivity index (χ3n) is 7.84. The van der Waals surface area contributed by atoms with Gasteiger partial charge in [-0.15, -0.1) is 0 Å². The summed E-state index contributed by atoms with van der Waals surface area (Å²) in [6.45, 7) is 4.09. The number of hydrogen-bond acceptors (Lipinski definition) is 4. The predicted molar refractivity (Wildman–Crippen MR) is 167 cm³/mol. The van der Waals surface area contributed by atoms with Gasteiger partial charge in [0.25, 0.3) is 0 Å². The van der Waals surface area contributed by atoms with E-state index in [-0.39, 0.29) is 5.91 Å². The standard InChI is InChI=1S/C32H66NO6P/c1-3-5-7-9-11-13-15-16-17-18-20-22-24-26-28-32(35)33-30(29-39-40(36,37)38)31(34)27-25-23-21-19-14-12-10-8-6-4-2/h30-31,34H,3-29H2,1-2H3,(H,33,35)(H2,36,37,38)/t30-,31+/m0/s1. The second-order valence-electron chi connectivity index (χ2n) is 11.8. The molecule has 0 unspecified atom stereocenters. The van der Waals surface area contributed by atoms with Crippen LogP contribution in [-0.4, -0.2) is 39.6 Å². The first-order chi connectivity index (χ1) is 19.3. The van der Waals surface area contributed by atoms with Crippen molar-refractivity contribution in [1.29, 1.82) is 0 Å². The van der Waals surface area contributed by atoms with E-state index in [1.165, 1.54) is 116 Å². The molecular formula is C32H66NO6P. The van der Waals surface area contributed by atoms with Crippen LogP contribution in [0.1, 0.15) is 181 Å². The summed E-state index contributed by atoms with van der Waals surface area (Å²) < 4.78 is 15.8. The van der Waals surface area contributed by atoms with E-state index in [1.807, 2.05) is 0 Å². The highest BCUT2D eigenvalue weighted by molar-refractivity contribution is 7.46. The normalized spacial score (nSPS) is 13.4. The summed E-state index contributed by atoms with van der Waals surface area (Å²) in [5.74, 6) is -0.194. The van der Waals surface area contributed by atoms with Crippen molar-refractivity contribution < 1.29 is 28.8 Å². The number of carbonyl (C=O) groups is 1. The second-order valence-corrected chi connectivity index (χ2v) is 13.1. The number of amides is 1. The number of aliphatic hydroxyl groups excluding tert-OH is 1. The summed E-state index contributed by atoms with van der Waals surface area (Å²) in [5.41, 5.74) is 0. The first-order valence-electron chi connectivity index (χ1n) is 17.0. The maximum Gasteiger partial charge on any atom is 0.469 e. The van der Waals surface area contributed by atoms with Crippen molar-refractivity contribution in [3.63, 3.8) is 0 Å². The van der Waals surface area contributed by atoms with Crippen LogP contribution in [0, 0.1) is 0 Å². The van der Waals surface area contributed by atoms with Gasteiger partial charge in [0.2, 0.25) is 5.91 Å². The minimum Gasteiger partial charge on any atom is -0.391 e. The topological polar surface area (TPSA) is 116 Å². The summed E-state index contributed by atoms with van der Waals surface area (Å²) in [7, 11) is -4.67. The molecule has 0 saturated heterocycles. The molecule has 0 rings (SSSR count). The highest BCUT2D eigenvalue weighted by atomic mass is 31.2. The summed E-state index contributed by atoms with van der Waals surface area (Å²) in [6.07, 6.45) is 29.4. The molecule has 0 saturated carbocycles. The quantitative estimate of drug-likeness (QED) is 0.0472. The third kappa shape index (κ3) is 29.0. The Morgan fingerprint density at radius 3 is 1.35 bits per heavy atom. The number of unbranched alkanes of at least 4 members (excludes halogenated alkanes) is 22. The Morgan fingerprint density at radius 1 is 0.625 bits per heavy atom. The molecular weight excluding hydrogens is 525 g/mol. The zero-order valence-electron chi connectivity index (χ0n) is 26.3. The molecule has 0 aliphatic carbocycles. The Hall–Kier alpha value is -0.460. The van der Waals surface area contributed by atoms with Crippen molar-refractivity contribution in [3.8, 4) is 0 Å². The zero-order chi connectivity index (χ0) is 29.7. The van der Waals surface area contributed by atoms with Crippen LogP contribution >= 0.6 is 7.82 Å². The molecule has 40 heavy (non-hydrogen) atoms. The Bertz CT molecular complexity index is 600. The lowest BCUT2D eigenvalue weighted by Crippen LogP contribution is -2.46. The number of rotatable bonds is 31. The molecule has 0 aromatic carbocycles. The summed E-state index contributed by atoms with van der Waals surface area (Å²) >= 11 is 0. The molecule has 4 N–H and O–H groups in total. The molecule has 0 fully saturated rings. The van der Waals surface area contributed by atoms with Crippen molar-refractivity contribution in [2.45, 2.75) is 193 Å². The lowest BCUT2D eigenvalue weighted by Gasteiger charge is -2.24. The van der Waals surface area contributed by atoms with Gasteiger partial charge in [-0.1, -0.05) is 162 Å². The van der Waals surface area contributed by atoms with Crippen LogP contribution in [-0.2, 0) is 13.9 Å². The smallest absolute Gasteiger partial charge is 0.391 e. The van der Waals surface area contributed by atoms with Crippen molar-refractivity contribution >= 4 is 13.7 Å². The van der Waals surface area contributed by atoms with Gasteiger partial charge in [-0.05, 0) is 12.8 Å². The molecule has 0 spiro atoms. The molecule has 240 valence electrons. The monoisotopic (exact) mass is 591 g/mol. The molecule has 0 radical (unpaired) electrons. The maximum atomic E-state index is 12.5. The van der Waals surface area contributed by atoms with E-state index in [9.17, 15) is 14.5 Å². The number of phosphoric acid groups is 1. The molecule has 1 amide bonds. The van der Waals surface area contributed by atoms with Gasteiger partial charge in [-0.25, -0.2) is 4.57 Å². The van der Waals surface area contributed by atoms with Gasteiger partial charge in [0.1, 0.15) is 0 Å². The first kappa shape index (κ1) is 39.5. The van der Waals surface area contributed by atoms with E-state index in [0.717, 1.165) is 38.5 Å². The lowest BCUT2D eigenvalue weighted by atomic mass is 10.0. The molecule has 8 heteroatoms. The highest BCUT2D eigenvalue weighted by Crippen LogP contribution is 2.36. The fourth-order valence-corrected chi connectivity index (χ4v) is 5.58. The average Bonchev–Trinajstić information content (AvgIpc) is 2.91. The van der Waals surface area contributed by atoms with Gasteiger partial charge < -0.3 is 20.2 Å². The van der Waals surface area contributed by atoms with Crippen molar-refractivity contribution in [3.05, 3.63) is 0 Å². The van der Waals surface area contributed by atoms with Crippen LogP contribution in [0.25, 0.3) is 0 Å². The molecule has 0 aliphatic rings. The second kappa shape index (κ2) is 28.6. The van der Waals surface area contributed by atoms with E-state index in [0.29, 0.717) is 12.8 Å². The van der Waals surface area contributed by atoms with Crippen LogP contribution in [0.4, 0.5) is 0 Å². The summed E-state index contributed by atoms with van der Waals surface area (Å²) in [4.78, 5) is 30.6. The minimum absolute atomic E-state index is 0.194. The zero-order valence-corrected chi connectivity index (χ0v) is 27.2. The van der Waals surface area contributed by atoms with Gasteiger partial charge in [-0.3, -0.25) is 9.32 Å². The van der Waals surface area contributed by atoms with Crippen LogP contribution in [0.3, 0.4) is 0 Å². The highest BCUT2D eigenvalue weighted by Gasteiger charge is 2.25. The summed E-state index contributed by atoms with van der Waals surface area (Å²) in [6, 6.07) is -0.815. The van der Waals surface area contributed by atoms with Crippen molar-refractivity contribution in [2.75, 3.05) is 6.61 Å². The molecule has 0 bridgehead atoms.